The van der Waals surface area contributed by atoms with Gasteiger partial charge in [0.05, 0.1) is 17.1 Å². The summed E-state index contributed by atoms with van der Waals surface area (Å²) in [5.41, 5.74) is 5.16. The topological polar surface area (TPSA) is 49.4 Å². The van der Waals surface area contributed by atoms with E-state index >= 15 is 0 Å². The summed E-state index contributed by atoms with van der Waals surface area (Å²) in [6.07, 6.45) is 0. The fraction of sp³-hybridized carbons (Fsp3) is 0.263. The van der Waals surface area contributed by atoms with Crippen molar-refractivity contribution < 1.29 is 9.59 Å². The molecule has 0 aromatic heterocycles. The quantitative estimate of drug-likeness (QED) is 0.926. The van der Waals surface area contributed by atoms with Crippen molar-refractivity contribution in [2.24, 2.45) is 0 Å². The normalized spacial score (nSPS) is 13.4. The lowest BCUT2D eigenvalue weighted by Crippen LogP contribution is -2.43. The number of carbonyl (C=O) groups is 2. The minimum atomic E-state index is -0.152. The molecule has 1 aliphatic rings. The van der Waals surface area contributed by atoms with Crippen molar-refractivity contribution in [3.05, 3.63) is 59.2 Å². The van der Waals surface area contributed by atoms with Crippen molar-refractivity contribution in [1.82, 2.24) is 0 Å². The third kappa shape index (κ3) is 3.79. The minimum absolute atomic E-state index is 0.0355. The van der Waals surface area contributed by atoms with Crippen LogP contribution in [0.1, 0.15) is 16.7 Å². The highest BCUT2D eigenvalue weighted by molar-refractivity contribution is 7.99. The van der Waals surface area contributed by atoms with Gasteiger partial charge in [-0.3, -0.25) is 9.59 Å². The van der Waals surface area contributed by atoms with E-state index in [1.165, 1.54) is 16.7 Å². The van der Waals surface area contributed by atoms with E-state index in [1.807, 2.05) is 24.3 Å². The molecule has 0 radical (unpaired) electrons. The SMILES string of the molecule is Cc1cc(C)cc(CSCC(=O)N2CC(=O)Nc3ccccc32)c1. The molecule has 2 aromatic rings. The number of nitrogens with zero attached hydrogens (tertiary/aromatic N) is 1. The van der Waals surface area contributed by atoms with Crippen LogP contribution in [0.4, 0.5) is 11.4 Å². The molecule has 5 heteroatoms. The van der Waals surface area contributed by atoms with E-state index < -0.39 is 0 Å². The second kappa shape index (κ2) is 7.09. The molecule has 0 saturated heterocycles. The predicted molar refractivity (Wildman–Crippen MR) is 99.5 cm³/mol. The number of thioether (sulfide) groups is 1. The van der Waals surface area contributed by atoms with Crippen LogP contribution in [0.2, 0.25) is 0 Å². The van der Waals surface area contributed by atoms with Gasteiger partial charge < -0.3 is 10.2 Å². The maximum Gasteiger partial charge on any atom is 0.244 e. The zero-order valence-corrected chi connectivity index (χ0v) is 14.7. The summed E-state index contributed by atoms with van der Waals surface area (Å²) in [4.78, 5) is 25.9. The molecule has 124 valence electrons. The summed E-state index contributed by atoms with van der Waals surface area (Å²) in [7, 11) is 0. The fourth-order valence-corrected chi connectivity index (χ4v) is 3.78. The monoisotopic (exact) mass is 340 g/mol. The lowest BCUT2D eigenvalue weighted by molar-refractivity contribution is -0.120. The number of nitrogens with one attached hydrogen (secondary N) is 1. The number of carbonyl (C=O) groups excluding carboxylic acids is 2. The highest BCUT2D eigenvalue weighted by Crippen LogP contribution is 2.29. The largest absolute Gasteiger partial charge is 0.323 e. The average Bonchev–Trinajstić information content (AvgIpc) is 2.53. The number of para-hydroxylation sites is 2. The Hall–Kier alpha value is -2.27. The lowest BCUT2D eigenvalue weighted by atomic mass is 10.1. The molecule has 24 heavy (non-hydrogen) atoms. The fourth-order valence-electron chi connectivity index (χ4n) is 2.94. The number of benzene rings is 2. The molecule has 2 amide bonds. The lowest BCUT2D eigenvalue weighted by Gasteiger charge is -2.29. The molecule has 0 aliphatic carbocycles. The Balaban J connectivity index is 1.64. The molecule has 0 saturated carbocycles. The van der Waals surface area contributed by atoms with Gasteiger partial charge in [0, 0.05) is 5.75 Å². The van der Waals surface area contributed by atoms with Crippen molar-refractivity contribution in [3.8, 4) is 0 Å². The van der Waals surface area contributed by atoms with Crippen molar-refractivity contribution >= 4 is 35.0 Å². The Kier molecular flexibility index (Phi) is 4.90. The molecule has 0 bridgehead atoms. The van der Waals surface area contributed by atoms with Crippen LogP contribution in [0.3, 0.4) is 0 Å². The highest BCUT2D eigenvalue weighted by Gasteiger charge is 2.26. The molecule has 0 atom stereocenters. The summed E-state index contributed by atoms with van der Waals surface area (Å²) >= 11 is 1.58. The van der Waals surface area contributed by atoms with Gasteiger partial charge in [0.1, 0.15) is 6.54 Å². The number of fused-ring (bicyclic) bond motifs is 1. The molecule has 1 N–H and O–H groups in total. The number of amides is 2. The van der Waals surface area contributed by atoms with Crippen LogP contribution in [0.5, 0.6) is 0 Å². The van der Waals surface area contributed by atoms with Gasteiger partial charge in [-0.05, 0) is 31.5 Å². The molecule has 0 fully saturated rings. The molecule has 0 spiro atoms. The molecular weight excluding hydrogens is 320 g/mol. The maximum absolute atomic E-state index is 12.6. The number of anilines is 2. The van der Waals surface area contributed by atoms with E-state index in [9.17, 15) is 9.59 Å². The molecule has 3 rings (SSSR count). The van der Waals surface area contributed by atoms with E-state index in [0.29, 0.717) is 11.4 Å². The van der Waals surface area contributed by atoms with Gasteiger partial charge in [-0.2, -0.15) is 0 Å². The molecule has 1 heterocycles. The van der Waals surface area contributed by atoms with Crippen molar-refractivity contribution in [2.45, 2.75) is 19.6 Å². The van der Waals surface area contributed by atoms with Gasteiger partial charge in [-0.1, -0.05) is 41.5 Å². The Bertz CT molecular complexity index is 768. The second-order valence-corrected chi connectivity index (χ2v) is 7.02. The molecule has 0 unspecified atom stereocenters. The summed E-state index contributed by atoms with van der Waals surface area (Å²) in [6.45, 7) is 4.24. The second-order valence-electron chi connectivity index (χ2n) is 6.03. The van der Waals surface area contributed by atoms with E-state index in [1.54, 1.807) is 16.7 Å². The van der Waals surface area contributed by atoms with E-state index in [-0.39, 0.29) is 18.4 Å². The number of hydrogen-bond donors (Lipinski definition) is 1. The van der Waals surface area contributed by atoms with Crippen LogP contribution in [-0.2, 0) is 15.3 Å². The van der Waals surface area contributed by atoms with Crippen LogP contribution < -0.4 is 10.2 Å². The summed E-state index contributed by atoms with van der Waals surface area (Å²) in [5.74, 6) is 0.956. The zero-order chi connectivity index (χ0) is 17.1. The molecular formula is C19H20N2O2S. The van der Waals surface area contributed by atoms with E-state index in [2.05, 4.69) is 37.4 Å². The van der Waals surface area contributed by atoms with Gasteiger partial charge in [-0.15, -0.1) is 11.8 Å². The Morgan fingerprint density at radius 2 is 1.88 bits per heavy atom. The summed E-state index contributed by atoms with van der Waals surface area (Å²) < 4.78 is 0. The van der Waals surface area contributed by atoms with Gasteiger partial charge in [0.25, 0.3) is 0 Å². The smallest absolute Gasteiger partial charge is 0.244 e. The van der Waals surface area contributed by atoms with Gasteiger partial charge >= 0.3 is 0 Å². The Morgan fingerprint density at radius 3 is 2.62 bits per heavy atom. The van der Waals surface area contributed by atoms with Gasteiger partial charge in [0.2, 0.25) is 11.8 Å². The van der Waals surface area contributed by atoms with Crippen molar-refractivity contribution in [3.63, 3.8) is 0 Å². The first-order valence-electron chi connectivity index (χ1n) is 7.87. The highest BCUT2D eigenvalue weighted by atomic mass is 32.2. The minimum Gasteiger partial charge on any atom is -0.323 e. The Labute approximate surface area is 146 Å². The summed E-state index contributed by atoms with van der Waals surface area (Å²) in [6, 6.07) is 13.8. The van der Waals surface area contributed by atoms with Crippen LogP contribution >= 0.6 is 11.8 Å². The third-order valence-corrected chi connectivity index (χ3v) is 4.84. The Morgan fingerprint density at radius 1 is 1.17 bits per heavy atom. The number of hydrogen-bond acceptors (Lipinski definition) is 3. The first kappa shape index (κ1) is 16.6. The first-order valence-corrected chi connectivity index (χ1v) is 9.02. The maximum atomic E-state index is 12.6. The molecule has 4 nitrogen and oxygen atoms in total. The third-order valence-electron chi connectivity index (χ3n) is 3.85. The van der Waals surface area contributed by atoms with Crippen LogP contribution in [0.25, 0.3) is 0 Å². The molecule has 2 aromatic carbocycles. The summed E-state index contributed by atoms with van der Waals surface area (Å²) in [5, 5.41) is 2.80. The average molecular weight is 340 g/mol. The number of rotatable bonds is 4. The first-order chi connectivity index (χ1) is 11.5. The number of aryl methyl sites for hydroxylation is 2. The van der Waals surface area contributed by atoms with Crippen molar-refractivity contribution in [2.75, 3.05) is 22.5 Å². The van der Waals surface area contributed by atoms with Crippen LogP contribution in [-0.4, -0.2) is 24.1 Å². The van der Waals surface area contributed by atoms with E-state index in [0.717, 1.165) is 11.4 Å². The van der Waals surface area contributed by atoms with Crippen LogP contribution in [0.15, 0.2) is 42.5 Å². The predicted octanol–water partition coefficient (Wildman–Crippen LogP) is 3.52. The van der Waals surface area contributed by atoms with Crippen LogP contribution in [0, 0.1) is 13.8 Å². The molecule has 1 aliphatic heterocycles. The van der Waals surface area contributed by atoms with Gasteiger partial charge in [0.15, 0.2) is 0 Å². The standard InChI is InChI=1S/C19H20N2O2S/c1-13-7-14(2)9-15(8-13)11-24-12-19(23)21-10-18(22)20-16-5-3-4-6-17(16)21/h3-9H,10-12H2,1-2H3,(H,20,22). The van der Waals surface area contributed by atoms with E-state index in [4.69, 9.17) is 0 Å². The van der Waals surface area contributed by atoms with Gasteiger partial charge in [-0.25, -0.2) is 0 Å². The van der Waals surface area contributed by atoms with Crippen molar-refractivity contribution in [1.29, 1.82) is 0 Å². The zero-order valence-electron chi connectivity index (χ0n) is 13.8.